The molecule has 0 radical (unpaired) electrons. The first kappa shape index (κ1) is 14.0. The molecule has 0 heterocycles. The van der Waals surface area contributed by atoms with Crippen LogP contribution in [0.2, 0.25) is 0 Å². The summed E-state index contributed by atoms with van der Waals surface area (Å²) in [5, 5.41) is 0. The molecular formula is C16H24O. The highest BCUT2D eigenvalue weighted by Gasteiger charge is 2.18. The molecule has 1 rings (SSSR count). The third kappa shape index (κ3) is 5.16. The lowest BCUT2D eigenvalue weighted by Gasteiger charge is -2.22. The molecule has 0 aliphatic carbocycles. The van der Waals surface area contributed by atoms with E-state index in [0.717, 1.165) is 12.0 Å². The average molecular weight is 232 g/mol. The summed E-state index contributed by atoms with van der Waals surface area (Å²) >= 11 is 0. The molecule has 1 atom stereocenters. The highest BCUT2D eigenvalue weighted by atomic mass is 16.1. The first-order valence-electron chi connectivity index (χ1n) is 6.38. The number of ketones is 1. The van der Waals surface area contributed by atoms with Gasteiger partial charge in [0, 0.05) is 12.0 Å². The zero-order valence-corrected chi connectivity index (χ0v) is 11.7. The second kappa shape index (κ2) is 5.48. The van der Waals surface area contributed by atoms with Gasteiger partial charge >= 0.3 is 0 Å². The second-order valence-electron chi connectivity index (χ2n) is 6.36. The van der Waals surface area contributed by atoms with E-state index in [1.54, 1.807) is 0 Å². The van der Waals surface area contributed by atoms with Crippen molar-refractivity contribution in [1.82, 2.24) is 0 Å². The first-order valence-corrected chi connectivity index (χ1v) is 6.38. The van der Waals surface area contributed by atoms with Crippen molar-refractivity contribution in [2.75, 3.05) is 0 Å². The Balaban J connectivity index is 2.57. The van der Waals surface area contributed by atoms with Gasteiger partial charge in [-0.3, -0.25) is 4.79 Å². The van der Waals surface area contributed by atoms with Gasteiger partial charge in [0.2, 0.25) is 0 Å². The van der Waals surface area contributed by atoms with Gasteiger partial charge in [0.1, 0.15) is 0 Å². The second-order valence-corrected chi connectivity index (χ2v) is 6.36. The molecule has 1 unspecified atom stereocenters. The summed E-state index contributed by atoms with van der Waals surface area (Å²) in [5.74, 6) is 0.713. The van der Waals surface area contributed by atoms with Crippen molar-refractivity contribution >= 4 is 5.78 Å². The topological polar surface area (TPSA) is 17.1 Å². The molecule has 1 aromatic carbocycles. The highest BCUT2D eigenvalue weighted by molar-refractivity contribution is 5.96. The highest BCUT2D eigenvalue weighted by Crippen LogP contribution is 2.26. The van der Waals surface area contributed by atoms with Crippen LogP contribution < -0.4 is 0 Å². The lowest BCUT2D eigenvalue weighted by atomic mass is 9.83. The minimum atomic E-state index is 0.266. The van der Waals surface area contributed by atoms with Crippen molar-refractivity contribution < 1.29 is 4.79 Å². The first-order chi connectivity index (χ1) is 7.78. The van der Waals surface area contributed by atoms with E-state index in [0.29, 0.717) is 17.8 Å². The summed E-state index contributed by atoms with van der Waals surface area (Å²) < 4.78 is 0. The fraction of sp³-hybridized carbons (Fsp3) is 0.562. The van der Waals surface area contributed by atoms with Gasteiger partial charge in [0.25, 0.3) is 0 Å². The van der Waals surface area contributed by atoms with Gasteiger partial charge < -0.3 is 0 Å². The molecule has 0 saturated carbocycles. The van der Waals surface area contributed by atoms with Crippen LogP contribution in [0.4, 0.5) is 0 Å². The largest absolute Gasteiger partial charge is 0.294 e. The Morgan fingerprint density at radius 2 is 1.71 bits per heavy atom. The Hall–Kier alpha value is -1.11. The molecule has 0 saturated heterocycles. The van der Waals surface area contributed by atoms with Crippen molar-refractivity contribution in [1.29, 1.82) is 0 Å². The molecule has 0 aromatic heterocycles. The van der Waals surface area contributed by atoms with Crippen molar-refractivity contribution in [3.63, 3.8) is 0 Å². The molecule has 94 valence electrons. The Bertz CT molecular complexity index is 368. The minimum absolute atomic E-state index is 0.266. The van der Waals surface area contributed by atoms with Crippen molar-refractivity contribution in [2.24, 2.45) is 11.3 Å². The Kier molecular flexibility index (Phi) is 4.50. The standard InChI is InChI=1S/C16H24O/c1-12-6-8-14(9-7-12)15(17)10-13(2)11-16(3,4)5/h6-9,13H,10-11H2,1-5H3. The summed E-state index contributed by atoms with van der Waals surface area (Å²) in [6.45, 7) is 10.9. The molecule has 0 spiro atoms. The molecule has 0 amide bonds. The van der Waals surface area contributed by atoms with Crippen molar-refractivity contribution in [2.45, 2.75) is 47.5 Å². The van der Waals surface area contributed by atoms with Gasteiger partial charge in [-0.25, -0.2) is 0 Å². The van der Waals surface area contributed by atoms with E-state index in [-0.39, 0.29) is 5.78 Å². The number of carbonyl (C=O) groups is 1. The molecule has 0 bridgehead atoms. The normalized spacial score (nSPS) is 13.5. The van der Waals surface area contributed by atoms with Crippen LogP contribution in [0.5, 0.6) is 0 Å². The maximum atomic E-state index is 12.1. The summed E-state index contributed by atoms with van der Waals surface area (Å²) in [6.07, 6.45) is 1.74. The lowest BCUT2D eigenvalue weighted by molar-refractivity contribution is 0.0954. The quantitative estimate of drug-likeness (QED) is 0.691. The fourth-order valence-corrected chi connectivity index (χ4v) is 2.29. The summed E-state index contributed by atoms with van der Waals surface area (Å²) in [6, 6.07) is 7.87. The van der Waals surface area contributed by atoms with Crippen LogP contribution in [0.15, 0.2) is 24.3 Å². The number of rotatable bonds is 4. The molecule has 0 N–H and O–H groups in total. The monoisotopic (exact) mass is 232 g/mol. The number of hydrogen-bond donors (Lipinski definition) is 0. The third-order valence-corrected chi connectivity index (χ3v) is 2.87. The summed E-state index contributed by atoms with van der Waals surface area (Å²) in [5.41, 5.74) is 2.34. The van der Waals surface area contributed by atoms with Crippen LogP contribution in [0.3, 0.4) is 0 Å². The smallest absolute Gasteiger partial charge is 0.163 e. The molecule has 0 aliphatic heterocycles. The number of Topliss-reactive ketones (excluding diaryl/α,β-unsaturated/α-hetero) is 1. The third-order valence-electron chi connectivity index (χ3n) is 2.87. The van der Waals surface area contributed by atoms with Crippen LogP contribution in [0, 0.1) is 18.3 Å². The Morgan fingerprint density at radius 3 is 2.18 bits per heavy atom. The van der Waals surface area contributed by atoms with Crippen LogP contribution in [-0.2, 0) is 0 Å². The summed E-state index contributed by atoms with van der Waals surface area (Å²) in [4.78, 5) is 12.1. The van der Waals surface area contributed by atoms with Crippen LogP contribution in [0.1, 0.15) is 56.5 Å². The molecule has 17 heavy (non-hydrogen) atoms. The molecular weight excluding hydrogens is 208 g/mol. The van der Waals surface area contributed by atoms with Crippen molar-refractivity contribution in [3.8, 4) is 0 Å². The van der Waals surface area contributed by atoms with Crippen LogP contribution in [0.25, 0.3) is 0 Å². The average Bonchev–Trinajstić information content (AvgIpc) is 2.15. The zero-order valence-electron chi connectivity index (χ0n) is 11.7. The molecule has 1 aromatic rings. The van der Waals surface area contributed by atoms with Gasteiger partial charge in [-0.05, 0) is 24.7 Å². The minimum Gasteiger partial charge on any atom is -0.294 e. The van der Waals surface area contributed by atoms with Crippen molar-refractivity contribution in [3.05, 3.63) is 35.4 Å². The number of carbonyl (C=O) groups excluding carboxylic acids is 1. The predicted molar refractivity (Wildman–Crippen MR) is 73.4 cm³/mol. The van der Waals surface area contributed by atoms with E-state index in [2.05, 4.69) is 27.7 Å². The number of aryl methyl sites for hydroxylation is 1. The molecule has 0 fully saturated rings. The van der Waals surface area contributed by atoms with Gasteiger partial charge in [-0.1, -0.05) is 57.5 Å². The van der Waals surface area contributed by atoms with E-state index in [4.69, 9.17) is 0 Å². The van der Waals surface area contributed by atoms with Gasteiger partial charge in [-0.2, -0.15) is 0 Å². The van der Waals surface area contributed by atoms with E-state index >= 15 is 0 Å². The molecule has 1 heteroatoms. The Morgan fingerprint density at radius 1 is 1.18 bits per heavy atom. The van der Waals surface area contributed by atoms with Gasteiger partial charge in [0.05, 0.1) is 0 Å². The fourth-order valence-electron chi connectivity index (χ4n) is 2.29. The number of hydrogen-bond acceptors (Lipinski definition) is 1. The van der Waals surface area contributed by atoms with Gasteiger partial charge in [-0.15, -0.1) is 0 Å². The Labute approximate surface area is 105 Å². The maximum Gasteiger partial charge on any atom is 0.163 e. The van der Waals surface area contributed by atoms with E-state index in [9.17, 15) is 4.79 Å². The maximum absolute atomic E-state index is 12.1. The molecule has 1 nitrogen and oxygen atoms in total. The van der Waals surface area contributed by atoms with E-state index < -0.39 is 0 Å². The lowest BCUT2D eigenvalue weighted by Crippen LogP contribution is -2.14. The van der Waals surface area contributed by atoms with E-state index in [1.807, 2.05) is 31.2 Å². The zero-order chi connectivity index (χ0) is 13.1. The predicted octanol–water partition coefficient (Wildman–Crippen LogP) is 4.64. The van der Waals surface area contributed by atoms with E-state index in [1.165, 1.54) is 5.56 Å². The SMILES string of the molecule is Cc1ccc(C(=O)CC(C)CC(C)(C)C)cc1. The summed E-state index contributed by atoms with van der Waals surface area (Å²) in [7, 11) is 0. The number of benzene rings is 1. The van der Waals surface area contributed by atoms with Crippen LogP contribution >= 0.6 is 0 Å². The van der Waals surface area contributed by atoms with Crippen LogP contribution in [-0.4, -0.2) is 5.78 Å². The molecule has 0 aliphatic rings. The van der Waals surface area contributed by atoms with Gasteiger partial charge in [0.15, 0.2) is 5.78 Å².